The van der Waals surface area contributed by atoms with Crippen molar-refractivity contribution in [3.8, 4) is 68.3 Å². The van der Waals surface area contributed by atoms with E-state index in [1.54, 1.807) is 58.2 Å². The minimum absolute atomic E-state index is 0.0287. The third-order valence-electron chi connectivity index (χ3n) is 22.2. The number of nitrogens with one attached hydrogen (secondary N) is 4. The zero-order valence-electron chi connectivity index (χ0n) is 76.1. The van der Waals surface area contributed by atoms with Crippen molar-refractivity contribution in [2.24, 2.45) is 0 Å². The van der Waals surface area contributed by atoms with Crippen LogP contribution in [0, 0.1) is 95.8 Å². The number of nitrogens with zero attached hydrogens (tertiary/aromatic N) is 20. The molecular weight excluding hydrogens is 1660 g/mol. The summed E-state index contributed by atoms with van der Waals surface area (Å²) >= 11 is 6.41. The molecule has 0 amide bonds. The van der Waals surface area contributed by atoms with Gasteiger partial charge in [0.15, 0.2) is 23.3 Å². The molecule has 130 heavy (non-hydrogen) atoms. The number of rotatable bonds is 25. The quantitative estimate of drug-likeness (QED) is 0.0257. The molecule has 16 rings (SSSR count). The second kappa shape index (κ2) is 41.3. The smallest absolute Gasteiger partial charge is 0.152 e. The maximum atomic E-state index is 14.5. The van der Waals surface area contributed by atoms with Gasteiger partial charge in [-0.15, -0.1) is 40.8 Å². The van der Waals surface area contributed by atoms with Gasteiger partial charge in [0.05, 0.1) is 173 Å². The summed E-state index contributed by atoms with van der Waals surface area (Å²) in [6.07, 6.45) is 14.4. The van der Waals surface area contributed by atoms with Crippen molar-refractivity contribution in [3.63, 3.8) is 0 Å². The van der Waals surface area contributed by atoms with Gasteiger partial charge >= 0.3 is 0 Å². The van der Waals surface area contributed by atoms with E-state index in [9.17, 15) is 29.9 Å². The van der Waals surface area contributed by atoms with Crippen molar-refractivity contribution in [2.75, 3.05) is 21.3 Å². The number of hydrogen-bond acceptors (Lipinski definition) is 25. The molecule has 0 fully saturated rings. The number of imidazole rings is 4. The van der Waals surface area contributed by atoms with Gasteiger partial charge in [-0.3, -0.25) is 0 Å². The number of halogens is 2. The highest BCUT2D eigenvalue weighted by Crippen LogP contribution is 2.36. The van der Waals surface area contributed by atoms with Crippen LogP contribution >= 0.6 is 11.6 Å². The third-order valence-corrected chi connectivity index (χ3v) is 22.6. The van der Waals surface area contributed by atoms with Crippen LogP contribution in [-0.4, -0.2) is 130 Å². The van der Waals surface area contributed by atoms with Gasteiger partial charge in [0.25, 0.3) is 0 Å². The van der Waals surface area contributed by atoms with Crippen LogP contribution in [-0.2, 0) is 26.4 Å². The zero-order valence-corrected chi connectivity index (χ0v) is 76.9. The lowest BCUT2D eigenvalue weighted by Crippen LogP contribution is -2.35. The molecule has 4 atom stereocenters. The highest BCUT2D eigenvalue weighted by Gasteiger charge is 2.30. The van der Waals surface area contributed by atoms with Gasteiger partial charge in [-0.05, 0) is 265 Å². The van der Waals surface area contributed by atoms with E-state index >= 15 is 0 Å². The lowest BCUT2D eigenvalue weighted by molar-refractivity contribution is 0.0587. The fourth-order valence-corrected chi connectivity index (χ4v) is 15.2. The number of anilines is 4. The van der Waals surface area contributed by atoms with Gasteiger partial charge in [0.1, 0.15) is 28.6 Å². The first kappa shape index (κ1) is 93.5. The number of benzene rings is 4. The average Bonchev–Trinajstić information content (AvgIpc) is 1.77. The van der Waals surface area contributed by atoms with Crippen LogP contribution in [0.4, 0.5) is 27.7 Å². The highest BCUT2D eigenvalue weighted by molar-refractivity contribution is 6.31. The van der Waals surface area contributed by atoms with Crippen molar-refractivity contribution >= 4 is 34.9 Å². The lowest BCUT2D eigenvalue weighted by atomic mass is 9.91. The molecule has 0 saturated heterocycles. The molecule has 0 radical (unpaired) electrons. The second-order valence-corrected chi connectivity index (χ2v) is 33.5. The molecule has 0 spiro atoms. The van der Waals surface area contributed by atoms with E-state index in [1.807, 2.05) is 247 Å². The van der Waals surface area contributed by atoms with E-state index in [4.69, 9.17) is 11.6 Å². The summed E-state index contributed by atoms with van der Waals surface area (Å²) in [6.45, 7) is 34.3. The third kappa shape index (κ3) is 22.3. The summed E-state index contributed by atoms with van der Waals surface area (Å²) in [5, 5.41) is 99.4. The van der Waals surface area contributed by atoms with E-state index in [2.05, 4.69) is 141 Å². The van der Waals surface area contributed by atoms with Crippen LogP contribution < -0.4 is 21.3 Å². The van der Waals surface area contributed by atoms with E-state index in [1.165, 1.54) is 16.7 Å². The van der Waals surface area contributed by atoms with E-state index in [0.29, 0.717) is 96.9 Å². The molecule has 0 aliphatic carbocycles. The van der Waals surface area contributed by atoms with Gasteiger partial charge in [-0.25, -0.2) is 44.3 Å². The van der Waals surface area contributed by atoms with Crippen molar-refractivity contribution in [1.29, 1.82) is 0 Å². The molecule has 0 saturated carbocycles. The first-order chi connectivity index (χ1) is 62.2. The number of aliphatic hydroxyl groups is 5. The molecule has 12 aromatic heterocycles. The fraction of sp³-hybridized carbons (Fsp3) is 0.273. The minimum atomic E-state index is -1.03. The summed E-state index contributed by atoms with van der Waals surface area (Å²) in [5.41, 5.74) is 25.7. The monoisotopic (exact) mass is 1770 g/mol. The van der Waals surface area contributed by atoms with Gasteiger partial charge in [-0.1, -0.05) is 90.0 Å². The topological polar surface area (TPSA) is 375 Å². The van der Waals surface area contributed by atoms with Gasteiger partial charge in [-0.2, -0.15) is 0 Å². The van der Waals surface area contributed by atoms with Crippen LogP contribution in [0.15, 0.2) is 202 Å². The maximum absolute atomic E-state index is 14.5. The molecule has 0 unspecified atom stereocenters. The van der Waals surface area contributed by atoms with E-state index < -0.39 is 5.60 Å². The molecule has 31 heteroatoms. The van der Waals surface area contributed by atoms with Crippen LogP contribution in [0.1, 0.15) is 177 Å². The molecule has 12 heterocycles. The molecule has 4 aromatic carbocycles. The Morgan fingerprint density at radius 2 is 0.662 bits per heavy atom. The highest BCUT2D eigenvalue weighted by atomic mass is 35.5. The number of aliphatic hydroxyl groups excluding tert-OH is 4. The summed E-state index contributed by atoms with van der Waals surface area (Å²) in [7, 11) is 0. The Labute approximate surface area is 760 Å². The Hall–Kier alpha value is -14.1. The fourth-order valence-electron chi connectivity index (χ4n) is 14.8. The molecule has 16 aromatic rings. The normalized spacial score (nSPS) is 12.2. The van der Waals surface area contributed by atoms with Crippen LogP contribution in [0.25, 0.3) is 68.3 Å². The van der Waals surface area contributed by atoms with Crippen LogP contribution in [0.2, 0.25) is 5.02 Å². The van der Waals surface area contributed by atoms with Gasteiger partial charge in [0.2, 0.25) is 0 Å². The summed E-state index contributed by atoms with van der Waals surface area (Å²) in [5.74, 6) is 2.38. The Morgan fingerprint density at radius 3 is 0.977 bits per heavy atom. The van der Waals surface area contributed by atoms with E-state index in [0.717, 1.165) is 101 Å². The van der Waals surface area contributed by atoms with Crippen LogP contribution in [0.5, 0.6) is 0 Å². The molecule has 668 valence electrons. The van der Waals surface area contributed by atoms with E-state index in [-0.39, 0.29) is 56.4 Å². The van der Waals surface area contributed by atoms with Crippen molar-refractivity contribution < 1.29 is 29.9 Å². The minimum Gasteiger partial charge on any atom is -0.390 e. The summed E-state index contributed by atoms with van der Waals surface area (Å²) in [6, 6.07) is 47.9. The van der Waals surface area contributed by atoms with Crippen molar-refractivity contribution in [1.82, 2.24) is 98.9 Å². The number of pyridine rings is 4. The predicted molar refractivity (Wildman–Crippen MR) is 504 cm³/mol. The molecule has 0 aliphatic rings. The molecular formula is C99H108ClFN24O5. The van der Waals surface area contributed by atoms with Gasteiger partial charge < -0.3 is 65.1 Å². The summed E-state index contributed by atoms with van der Waals surface area (Å²) < 4.78 is 21.8. The van der Waals surface area contributed by atoms with Crippen LogP contribution in [0.3, 0.4) is 0 Å². The Kier molecular flexibility index (Phi) is 29.7. The average molecular weight is 1770 g/mol. The predicted octanol–water partition coefficient (Wildman–Crippen LogP) is 18.1. The molecule has 0 aliphatic heterocycles. The molecule has 29 nitrogen and oxygen atoms in total. The maximum Gasteiger partial charge on any atom is 0.152 e. The first-order valence-corrected chi connectivity index (χ1v) is 42.9. The Bertz CT molecular complexity index is 6490. The van der Waals surface area contributed by atoms with Gasteiger partial charge in [0, 0.05) is 35.4 Å². The second-order valence-electron chi connectivity index (χ2n) is 33.0. The van der Waals surface area contributed by atoms with Crippen molar-refractivity contribution in [2.45, 2.75) is 181 Å². The molecule has 0 bridgehead atoms. The zero-order chi connectivity index (χ0) is 92.9. The summed E-state index contributed by atoms with van der Waals surface area (Å²) in [4.78, 5) is 35.4. The Morgan fingerprint density at radius 1 is 0.346 bits per heavy atom. The number of aromatic nitrogens is 20. The van der Waals surface area contributed by atoms with Crippen molar-refractivity contribution in [3.05, 3.63) is 330 Å². The first-order valence-electron chi connectivity index (χ1n) is 42.5. The largest absolute Gasteiger partial charge is 0.390 e. The lowest BCUT2D eigenvalue weighted by Gasteiger charge is -2.31. The Balaban J connectivity index is 0.000000148. The SMILES string of the molecule is Cc1ccc([C@@H](C)Nc2nnc(-c3ccc(-n4cnc(C)c4)c(CO)n3)cc2C)c(Cl)c1.Cc1ccc([C@@H](Nc2nnc(-c3ccc(-n4cnc(C)c4)c(CO)n3)cc2C)C(C)(C)O)cc1.Cc1cn(-c2ccc(-c3cc(C)c(N[C@@H](C)c4cccc(C)c4C)nn3)nc2CO)cn1.Cc1cn(-c2ccc(-c3cc(C)c(N[C@@H](C)c4cccc(C)c4F)nn3)nc2CO)cn1. The number of hydrogen-bond donors (Lipinski definition) is 9. The standard InChI is InChI=1S/C26H30N6O2.C25H28N6O.C24H25ClN6O.C24H25FN6O/c1-16-6-8-19(9-7-16)24(26(4,5)34)29-25-17(2)12-21(30-31-25)20-10-11-23(22(14-33)28-20)32-13-18(3)27-15-32;1-15-7-6-8-20(18(15)4)19(5)27-25-16(2)11-22(29-30-25)21-9-10-24(23(13-32)28-21)31-12-17(3)26-14-31;1-14-5-6-18(19(25)9-14)17(4)27-24-15(2)10-21(29-30-24)20-7-8-23(22(12-32)28-20)31-11-16(3)26-13-31;1-14-6-5-7-18(23(14)25)17(4)27-24-15(2)10-20(29-30-24)19-8-9-22(21(12-32)28-19)31-11-16(3)26-13-31/h6-13,15,24,33-34H,14H2,1-5H3,(H,29,31);6-12,14,19,32H,13H2,1-5H3,(H,27,30);2*5-11,13,17,32H,12H2,1-4H3,(H,27,30)/t24-;19-;2*17-/m1010/s1. The molecule has 9 N–H and O–H groups in total. The number of aryl methyl sites for hydroxylation is 12.